The van der Waals surface area contributed by atoms with Crippen molar-refractivity contribution in [2.45, 2.75) is 25.5 Å². The smallest absolute Gasteiger partial charge is 0.239 e. The molecule has 2 fully saturated rings. The van der Waals surface area contributed by atoms with Crippen molar-refractivity contribution in [1.29, 1.82) is 0 Å². The van der Waals surface area contributed by atoms with Crippen molar-refractivity contribution in [2.75, 3.05) is 38.5 Å². The van der Waals surface area contributed by atoms with Gasteiger partial charge < -0.3 is 15.4 Å². The van der Waals surface area contributed by atoms with Crippen LogP contribution in [0.3, 0.4) is 0 Å². The van der Waals surface area contributed by atoms with E-state index in [1.54, 1.807) is 0 Å². The highest BCUT2D eigenvalue weighted by molar-refractivity contribution is 7.89. The number of carbonyl (C=O) groups is 1. The van der Waals surface area contributed by atoms with Gasteiger partial charge in [-0.3, -0.25) is 4.79 Å². The number of hydrogen-bond donors (Lipinski definition) is 2. The van der Waals surface area contributed by atoms with Gasteiger partial charge >= 0.3 is 0 Å². The molecular formula is C11H21N3O4S. The zero-order valence-corrected chi connectivity index (χ0v) is 11.9. The van der Waals surface area contributed by atoms with Gasteiger partial charge in [-0.1, -0.05) is 0 Å². The first-order valence-corrected chi connectivity index (χ1v) is 8.22. The number of rotatable bonds is 4. The molecule has 1 amide bonds. The maximum Gasteiger partial charge on any atom is 0.239 e. The standard InChI is InChI=1S/C11H21N3O4S/c1-9-10(12-4-7-18-9)11(15)13-3-6-14-5-2-8-19(14,16)17/h9-10,12H,2-8H2,1H3,(H,13,15)/t9-,10+/m1/s1. The van der Waals surface area contributed by atoms with Crippen molar-refractivity contribution in [3.8, 4) is 0 Å². The zero-order valence-electron chi connectivity index (χ0n) is 11.1. The van der Waals surface area contributed by atoms with Gasteiger partial charge in [-0.2, -0.15) is 0 Å². The van der Waals surface area contributed by atoms with Crippen LogP contribution >= 0.6 is 0 Å². The lowest BCUT2D eigenvalue weighted by atomic mass is 10.1. The van der Waals surface area contributed by atoms with Crippen LogP contribution in [0.15, 0.2) is 0 Å². The second-order valence-electron chi connectivity index (χ2n) is 4.87. The normalized spacial score (nSPS) is 31.2. The summed E-state index contributed by atoms with van der Waals surface area (Å²) in [6.07, 6.45) is 0.509. The van der Waals surface area contributed by atoms with Crippen molar-refractivity contribution >= 4 is 15.9 Å². The number of morpholine rings is 1. The second kappa shape index (κ2) is 6.17. The highest BCUT2D eigenvalue weighted by atomic mass is 32.2. The Bertz CT molecular complexity index is 426. The Morgan fingerprint density at radius 2 is 2.32 bits per heavy atom. The number of carbonyl (C=O) groups excluding carboxylic acids is 1. The van der Waals surface area contributed by atoms with Gasteiger partial charge in [0, 0.05) is 26.2 Å². The van der Waals surface area contributed by atoms with Gasteiger partial charge in [0.2, 0.25) is 15.9 Å². The van der Waals surface area contributed by atoms with Gasteiger partial charge in [-0.25, -0.2) is 12.7 Å². The first-order chi connectivity index (χ1) is 9.00. The Hall–Kier alpha value is -0.700. The van der Waals surface area contributed by atoms with E-state index >= 15 is 0 Å². The Labute approximate surface area is 113 Å². The molecule has 0 saturated carbocycles. The summed E-state index contributed by atoms with van der Waals surface area (Å²) in [6, 6.07) is -0.357. The van der Waals surface area contributed by atoms with E-state index in [2.05, 4.69) is 10.6 Å². The third kappa shape index (κ3) is 3.65. The molecule has 7 nitrogen and oxygen atoms in total. The molecule has 2 atom stereocenters. The van der Waals surface area contributed by atoms with Crippen molar-refractivity contribution in [1.82, 2.24) is 14.9 Å². The number of sulfonamides is 1. The number of nitrogens with zero attached hydrogens (tertiary/aromatic N) is 1. The molecule has 0 bridgehead atoms. The molecular weight excluding hydrogens is 270 g/mol. The summed E-state index contributed by atoms with van der Waals surface area (Å²) < 4.78 is 30.0. The van der Waals surface area contributed by atoms with Gasteiger partial charge in [0.15, 0.2) is 0 Å². The molecule has 2 rings (SSSR count). The predicted octanol–water partition coefficient (Wildman–Crippen LogP) is -1.48. The first-order valence-electron chi connectivity index (χ1n) is 6.61. The molecule has 0 unspecified atom stereocenters. The van der Waals surface area contributed by atoms with E-state index in [4.69, 9.17) is 4.74 Å². The maximum atomic E-state index is 11.9. The largest absolute Gasteiger partial charge is 0.375 e. The average Bonchev–Trinajstić information content (AvgIpc) is 2.69. The number of nitrogens with one attached hydrogen (secondary N) is 2. The van der Waals surface area contributed by atoms with Gasteiger partial charge in [-0.05, 0) is 13.3 Å². The van der Waals surface area contributed by atoms with Gasteiger partial charge in [0.05, 0.1) is 18.5 Å². The number of amides is 1. The Balaban J connectivity index is 1.75. The molecule has 2 heterocycles. The van der Waals surface area contributed by atoms with Crippen LogP contribution in [-0.2, 0) is 19.6 Å². The van der Waals surface area contributed by atoms with Crippen LogP contribution in [0.4, 0.5) is 0 Å². The number of ether oxygens (including phenoxy) is 1. The predicted molar refractivity (Wildman–Crippen MR) is 70.2 cm³/mol. The summed E-state index contributed by atoms with van der Waals surface area (Å²) in [5.74, 6) is 0.0829. The van der Waals surface area contributed by atoms with Gasteiger partial charge in [0.25, 0.3) is 0 Å². The molecule has 8 heteroatoms. The lowest BCUT2D eigenvalue weighted by Crippen LogP contribution is -2.56. The summed E-state index contributed by atoms with van der Waals surface area (Å²) in [4.78, 5) is 11.9. The SMILES string of the molecule is C[C@H]1OCCN[C@@H]1C(=O)NCCN1CCCS1(=O)=O. The summed E-state index contributed by atoms with van der Waals surface area (Å²) in [5.41, 5.74) is 0. The third-order valence-electron chi connectivity index (χ3n) is 3.46. The molecule has 110 valence electrons. The number of hydrogen-bond acceptors (Lipinski definition) is 5. The fraction of sp³-hybridized carbons (Fsp3) is 0.909. The topological polar surface area (TPSA) is 87.7 Å². The van der Waals surface area contributed by atoms with Crippen molar-refractivity contribution in [2.24, 2.45) is 0 Å². The van der Waals surface area contributed by atoms with Crippen LogP contribution in [0, 0.1) is 0 Å². The van der Waals surface area contributed by atoms with E-state index < -0.39 is 10.0 Å². The van der Waals surface area contributed by atoms with Crippen molar-refractivity contribution in [3.05, 3.63) is 0 Å². The Kier molecular flexibility index (Phi) is 4.77. The minimum absolute atomic E-state index is 0.135. The molecule has 0 aromatic heterocycles. The summed E-state index contributed by atoms with van der Waals surface area (Å²) in [5, 5.41) is 5.85. The average molecular weight is 291 g/mol. The highest BCUT2D eigenvalue weighted by Gasteiger charge is 2.30. The third-order valence-corrected chi connectivity index (χ3v) is 5.42. The van der Waals surface area contributed by atoms with E-state index in [-0.39, 0.29) is 23.8 Å². The first kappa shape index (κ1) is 14.7. The van der Waals surface area contributed by atoms with Gasteiger partial charge in [-0.15, -0.1) is 0 Å². The second-order valence-corrected chi connectivity index (χ2v) is 6.96. The van der Waals surface area contributed by atoms with Crippen LogP contribution in [-0.4, -0.2) is 69.3 Å². The molecule has 0 aromatic rings. The minimum atomic E-state index is -3.08. The quantitative estimate of drug-likeness (QED) is 0.659. The van der Waals surface area contributed by atoms with Crippen LogP contribution in [0.25, 0.3) is 0 Å². The van der Waals surface area contributed by atoms with Crippen LogP contribution < -0.4 is 10.6 Å². The summed E-state index contributed by atoms with van der Waals surface area (Å²) in [7, 11) is -3.08. The summed E-state index contributed by atoms with van der Waals surface area (Å²) in [6.45, 7) is 4.35. The summed E-state index contributed by atoms with van der Waals surface area (Å²) >= 11 is 0. The maximum absolute atomic E-state index is 11.9. The molecule has 0 aliphatic carbocycles. The molecule has 0 radical (unpaired) electrons. The van der Waals surface area contributed by atoms with Crippen LogP contribution in [0.1, 0.15) is 13.3 Å². The van der Waals surface area contributed by atoms with Crippen LogP contribution in [0.2, 0.25) is 0 Å². The fourth-order valence-electron chi connectivity index (χ4n) is 2.38. The monoisotopic (exact) mass is 291 g/mol. The molecule has 2 aliphatic rings. The van der Waals surface area contributed by atoms with E-state index in [1.807, 2.05) is 6.92 Å². The lowest BCUT2D eigenvalue weighted by Gasteiger charge is -2.29. The minimum Gasteiger partial charge on any atom is -0.375 e. The van der Waals surface area contributed by atoms with E-state index in [9.17, 15) is 13.2 Å². The zero-order chi connectivity index (χ0) is 13.9. The molecule has 2 N–H and O–H groups in total. The molecule has 2 aliphatic heterocycles. The molecule has 19 heavy (non-hydrogen) atoms. The highest BCUT2D eigenvalue weighted by Crippen LogP contribution is 2.11. The lowest BCUT2D eigenvalue weighted by molar-refractivity contribution is -0.128. The van der Waals surface area contributed by atoms with Crippen molar-refractivity contribution in [3.63, 3.8) is 0 Å². The fourth-order valence-corrected chi connectivity index (χ4v) is 3.91. The van der Waals surface area contributed by atoms with E-state index in [0.29, 0.717) is 39.2 Å². The van der Waals surface area contributed by atoms with E-state index in [0.717, 1.165) is 0 Å². The Morgan fingerprint density at radius 3 is 2.95 bits per heavy atom. The molecule has 0 aromatic carbocycles. The molecule has 0 spiro atoms. The van der Waals surface area contributed by atoms with Crippen molar-refractivity contribution < 1.29 is 17.9 Å². The Morgan fingerprint density at radius 1 is 1.53 bits per heavy atom. The van der Waals surface area contributed by atoms with Crippen LogP contribution in [0.5, 0.6) is 0 Å². The molecule has 2 saturated heterocycles. The van der Waals surface area contributed by atoms with Gasteiger partial charge in [0.1, 0.15) is 6.04 Å². The van der Waals surface area contributed by atoms with E-state index in [1.165, 1.54) is 4.31 Å².